The van der Waals surface area contributed by atoms with Gasteiger partial charge in [-0.05, 0) is 50.5 Å². The summed E-state index contributed by atoms with van der Waals surface area (Å²) >= 11 is 0. The van der Waals surface area contributed by atoms with Crippen molar-refractivity contribution in [3.8, 4) is 0 Å². The van der Waals surface area contributed by atoms with Crippen LogP contribution in [0, 0.1) is 11.8 Å². The van der Waals surface area contributed by atoms with Crippen LogP contribution in [0.1, 0.15) is 38.5 Å². The second-order valence-corrected chi connectivity index (χ2v) is 6.52. The van der Waals surface area contributed by atoms with Gasteiger partial charge in [-0.2, -0.15) is 0 Å². The molecule has 3 nitrogen and oxygen atoms in total. The van der Waals surface area contributed by atoms with Crippen LogP contribution in [0.2, 0.25) is 0 Å². The Balaban J connectivity index is 1.57. The van der Waals surface area contributed by atoms with Gasteiger partial charge >= 0.3 is 0 Å². The predicted octanol–water partition coefficient (Wildman–Crippen LogP) is 1.88. The van der Waals surface area contributed by atoms with Gasteiger partial charge in [0.25, 0.3) is 0 Å². The highest BCUT2D eigenvalue weighted by Crippen LogP contribution is 2.46. The first-order valence-corrected chi connectivity index (χ1v) is 7.83. The minimum Gasteiger partial charge on any atom is -0.383 e. The molecule has 1 heterocycles. The highest BCUT2D eigenvalue weighted by atomic mass is 16.5. The third kappa shape index (κ3) is 2.73. The van der Waals surface area contributed by atoms with Crippen LogP contribution in [-0.2, 0) is 4.74 Å². The Kier molecular flexibility index (Phi) is 4.22. The maximum absolute atomic E-state index is 5.31. The zero-order valence-corrected chi connectivity index (χ0v) is 11.7. The number of nitrogens with zero attached hydrogens (tertiary/aromatic N) is 1. The van der Waals surface area contributed by atoms with Crippen molar-refractivity contribution in [2.45, 2.75) is 50.6 Å². The lowest BCUT2D eigenvalue weighted by Crippen LogP contribution is -2.46. The van der Waals surface area contributed by atoms with Crippen molar-refractivity contribution in [3.05, 3.63) is 0 Å². The number of methoxy groups -OCH3 is 1. The van der Waals surface area contributed by atoms with Gasteiger partial charge in [0.1, 0.15) is 0 Å². The van der Waals surface area contributed by atoms with E-state index in [4.69, 9.17) is 4.74 Å². The molecule has 2 bridgehead atoms. The minimum atomic E-state index is 0.737. The first kappa shape index (κ1) is 12.9. The van der Waals surface area contributed by atoms with Gasteiger partial charge in [0, 0.05) is 32.3 Å². The molecule has 0 spiro atoms. The summed E-state index contributed by atoms with van der Waals surface area (Å²) in [6.07, 6.45) is 8.68. The fourth-order valence-corrected chi connectivity index (χ4v) is 4.46. The lowest BCUT2D eigenvalue weighted by Gasteiger charge is -2.36. The monoisotopic (exact) mass is 252 g/mol. The van der Waals surface area contributed by atoms with Gasteiger partial charge in [-0.25, -0.2) is 0 Å². The van der Waals surface area contributed by atoms with Crippen molar-refractivity contribution < 1.29 is 4.74 Å². The van der Waals surface area contributed by atoms with E-state index in [0.717, 1.165) is 37.1 Å². The molecule has 0 aromatic heterocycles. The van der Waals surface area contributed by atoms with Gasteiger partial charge in [-0.3, -0.25) is 4.90 Å². The van der Waals surface area contributed by atoms with E-state index < -0.39 is 0 Å². The van der Waals surface area contributed by atoms with Gasteiger partial charge in [0.15, 0.2) is 0 Å². The maximum atomic E-state index is 5.31. The summed E-state index contributed by atoms with van der Waals surface area (Å²) in [5, 5.41) is 3.65. The molecule has 3 fully saturated rings. The van der Waals surface area contributed by atoms with Crippen LogP contribution in [0.4, 0.5) is 0 Å². The summed E-state index contributed by atoms with van der Waals surface area (Å²) in [6, 6.07) is 1.60. The number of rotatable bonds is 6. The highest BCUT2D eigenvalue weighted by molar-refractivity contribution is 4.96. The number of hydrogen-bond donors (Lipinski definition) is 1. The SMILES string of the molecule is COCCN(CC1CCCN1)C1CC2CCC1C2. The molecule has 0 amide bonds. The van der Waals surface area contributed by atoms with Crippen LogP contribution in [0.25, 0.3) is 0 Å². The summed E-state index contributed by atoms with van der Waals surface area (Å²) in [5.74, 6) is 2.04. The number of hydrogen-bond acceptors (Lipinski definition) is 3. The van der Waals surface area contributed by atoms with Crippen LogP contribution < -0.4 is 5.32 Å². The normalized spacial score (nSPS) is 39.0. The van der Waals surface area contributed by atoms with Crippen molar-refractivity contribution in [1.82, 2.24) is 10.2 Å². The molecule has 4 atom stereocenters. The summed E-state index contributed by atoms with van der Waals surface area (Å²) in [7, 11) is 1.83. The van der Waals surface area contributed by atoms with E-state index in [1.54, 1.807) is 0 Å². The van der Waals surface area contributed by atoms with Crippen molar-refractivity contribution in [1.29, 1.82) is 0 Å². The van der Waals surface area contributed by atoms with Crippen LogP contribution in [0.15, 0.2) is 0 Å². The molecule has 3 rings (SSSR count). The molecule has 1 N–H and O–H groups in total. The summed E-state index contributed by atoms with van der Waals surface area (Å²) in [5.41, 5.74) is 0. The molecular weight excluding hydrogens is 224 g/mol. The number of nitrogens with one attached hydrogen (secondary N) is 1. The highest BCUT2D eigenvalue weighted by Gasteiger charge is 2.42. The molecule has 3 aliphatic rings. The Hall–Kier alpha value is -0.120. The molecule has 1 aliphatic heterocycles. The van der Waals surface area contributed by atoms with E-state index in [9.17, 15) is 0 Å². The largest absolute Gasteiger partial charge is 0.383 e. The third-order valence-corrected chi connectivity index (χ3v) is 5.37. The van der Waals surface area contributed by atoms with Crippen LogP contribution in [-0.4, -0.2) is 50.3 Å². The van der Waals surface area contributed by atoms with Crippen molar-refractivity contribution in [2.75, 3.05) is 33.4 Å². The second kappa shape index (κ2) is 5.89. The number of ether oxygens (including phenoxy) is 1. The quantitative estimate of drug-likeness (QED) is 0.781. The molecule has 3 heteroatoms. The molecule has 0 aromatic rings. The summed E-state index contributed by atoms with van der Waals surface area (Å²) in [6.45, 7) is 4.49. The van der Waals surface area contributed by atoms with E-state index in [0.29, 0.717) is 0 Å². The van der Waals surface area contributed by atoms with Gasteiger partial charge < -0.3 is 10.1 Å². The average molecular weight is 252 g/mol. The smallest absolute Gasteiger partial charge is 0.0589 e. The number of fused-ring (bicyclic) bond motifs is 2. The zero-order chi connectivity index (χ0) is 12.4. The Morgan fingerprint density at radius 3 is 2.78 bits per heavy atom. The lowest BCUT2D eigenvalue weighted by atomic mass is 9.93. The second-order valence-electron chi connectivity index (χ2n) is 6.52. The van der Waals surface area contributed by atoms with E-state index >= 15 is 0 Å². The van der Waals surface area contributed by atoms with Crippen LogP contribution in [0.5, 0.6) is 0 Å². The summed E-state index contributed by atoms with van der Waals surface area (Å²) in [4.78, 5) is 2.75. The zero-order valence-electron chi connectivity index (χ0n) is 11.7. The lowest BCUT2D eigenvalue weighted by molar-refractivity contribution is 0.0876. The molecule has 18 heavy (non-hydrogen) atoms. The minimum absolute atomic E-state index is 0.737. The third-order valence-electron chi connectivity index (χ3n) is 5.37. The van der Waals surface area contributed by atoms with E-state index in [1.165, 1.54) is 51.6 Å². The average Bonchev–Trinajstić information content (AvgIpc) is 3.10. The topological polar surface area (TPSA) is 24.5 Å². The fraction of sp³-hybridized carbons (Fsp3) is 1.00. The Morgan fingerprint density at radius 1 is 1.22 bits per heavy atom. The molecule has 104 valence electrons. The van der Waals surface area contributed by atoms with Gasteiger partial charge in [0.2, 0.25) is 0 Å². The Labute approximate surface area is 111 Å². The predicted molar refractivity (Wildman–Crippen MR) is 73.7 cm³/mol. The van der Waals surface area contributed by atoms with Crippen LogP contribution >= 0.6 is 0 Å². The van der Waals surface area contributed by atoms with Crippen molar-refractivity contribution in [3.63, 3.8) is 0 Å². The summed E-state index contributed by atoms with van der Waals surface area (Å²) < 4.78 is 5.31. The van der Waals surface area contributed by atoms with Gasteiger partial charge in [0.05, 0.1) is 6.61 Å². The Morgan fingerprint density at radius 2 is 2.17 bits per heavy atom. The standard InChI is InChI=1S/C15H28N2O/c1-18-8-7-17(11-14-3-2-6-16-14)15-10-12-4-5-13(15)9-12/h12-16H,2-11H2,1H3. The molecule has 2 saturated carbocycles. The van der Waals surface area contributed by atoms with E-state index in [2.05, 4.69) is 10.2 Å². The van der Waals surface area contributed by atoms with Gasteiger partial charge in [-0.1, -0.05) is 6.42 Å². The maximum Gasteiger partial charge on any atom is 0.0589 e. The Bertz CT molecular complexity index is 265. The van der Waals surface area contributed by atoms with E-state index in [-0.39, 0.29) is 0 Å². The van der Waals surface area contributed by atoms with Crippen molar-refractivity contribution >= 4 is 0 Å². The molecule has 2 aliphatic carbocycles. The molecule has 0 aromatic carbocycles. The van der Waals surface area contributed by atoms with Crippen LogP contribution in [0.3, 0.4) is 0 Å². The fourth-order valence-electron chi connectivity index (χ4n) is 4.46. The molecular formula is C15H28N2O. The first-order valence-electron chi connectivity index (χ1n) is 7.83. The molecule has 4 unspecified atom stereocenters. The molecule has 0 radical (unpaired) electrons. The first-order chi connectivity index (χ1) is 8.86. The van der Waals surface area contributed by atoms with Crippen molar-refractivity contribution in [2.24, 2.45) is 11.8 Å². The van der Waals surface area contributed by atoms with Gasteiger partial charge in [-0.15, -0.1) is 0 Å². The van der Waals surface area contributed by atoms with E-state index in [1.807, 2.05) is 7.11 Å². The molecule has 1 saturated heterocycles.